The maximum absolute atomic E-state index is 11.9. The van der Waals surface area contributed by atoms with E-state index in [0.29, 0.717) is 16.5 Å². The lowest BCUT2D eigenvalue weighted by Crippen LogP contribution is -2.45. The molecule has 0 aliphatic heterocycles. The summed E-state index contributed by atoms with van der Waals surface area (Å²) in [5.74, 6) is 2.48. The molecule has 0 spiro atoms. The lowest BCUT2D eigenvalue weighted by molar-refractivity contribution is -0.112. The van der Waals surface area contributed by atoms with Gasteiger partial charge in [-0.2, -0.15) is 0 Å². The first-order valence-electron chi connectivity index (χ1n) is 6.86. The van der Waals surface area contributed by atoms with Crippen LogP contribution in [-0.4, -0.2) is 32.7 Å². The molecule has 0 bridgehead atoms. The average Bonchev–Trinajstić information content (AvgIpc) is 2.57. The maximum atomic E-state index is 11.9. The summed E-state index contributed by atoms with van der Waals surface area (Å²) in [5.41, 5.74) is -0.431. The van der Waals surface area contributed by atoms with Crippen molar-refractivity contribution in [1.82, 2.24) is 0 Å². The van der Waals surface area contributed by atoms with Gasteiger partial charge in [0, 0.05) is 24.3 Å². The Morgan fingerprint density at radius 1 is 1.09 bits per heavy atom. The van der Waals surface area contributed by atoms with Gasteiger partial charge in [0.15, 0.2) is 11.4 Å². The minimum Gasteiger partial charge on any atom is -0.497 e. The van der Waals surface area contributed by atoms with Gasteiger partial charge in [0.25, 0.3) is 0 Å². The molecule has 23 heavy (non-hydrogen) atoms. The third-order valence-corrected chi connectivity index (χ3v) is 4.07. The summed E-state index contributed by atoms with van der Waals surface area (Å²) in [6.07, 6.45) is 8.50. The van der Waals surface area contributed by atoms with Crippen LogP contribution in [0.3, 0.4) is 0 Å². The van der Waals surface area contributed by atoms with Gasteiger partial charge in [-0.25, -0.2) is 0 Å². The second kappa shape index (κ2) is 6.91. The number of benzene rings is 1. The fourth-order valence-electron chi connectivity index (χ4n) is 2.76. The van der Waals surface area contributed by atoms with Crippen molar-refractivity contribution in [3.8, 4) is 12.3 Å². The summed E-state index contributed by atoms with van der Waals surface area (Å²) in [7, 11) is 4.41. The van der Waals surface area contributed by atoms with E-state index in [0.717, 1.165) is 5.56 Å². The Kier molecular flexibility index (Phi) is 5.15. The van der Waals surface area contributed by atoms with Crippen LogP contribution in [0, 0.1) is 12.3 Å². The van der Waals surface area contributed by atoms with Crippen molar-refractivity contribution in [3.63, 3.8) is 0 Å². The van der Waals surface area contributed by atoms with E-state index in [1.54, 1.807) is 12.1 Å². The number of methoxy groups -OCH3 is 3. The summed E-state index contributed by atoms with van der Waals surface area (Å²) in [4.78, 5) is 11.9. The van der Waals surface area contributed by atoms with Gasteiger partial charge < -0.3 is 14.2 Å². The van der Waals surface area contributed by atoms with Crippen LogP contribution in [-0.2, 0) is 19.0 Å². The zero-order valence-corrected chi connectivity index (χ0v) is 13.9. The number of carbonyl (C=O) groups is 1. The third kappa shape index (κ3) is 2.86. The smallest absolute Gasteiger partial charge is 0.199 e. The van der Waals surface area contributed by atoms with E-state index in [2.05, 4.69) is 5.92 Å². The lowest BCUT2D eigenvalue weighted by atomic mass is 9.76. The van der Waals surface area contributed by atoms with Crippen LogP contribution in [0.2, 0.25) is 5.02 Å². The Bertz CT molecular complexity index is 671. The second-order valence-electron chi connectivity index (χ2n) is 4.92. The predicted octanol–water partition coefficient (Wildman–Crippen LogP) is 3.09. The normalized spacial score (nSPS) is 17.6. The number of ether oxygens (including phenoxy) is 3. The van der Waals surface area contributed by atoms with Crippen LogP contribution in [0.5, 0.6) is 0 Å². The zero-order valence-electron chi connectivity index (χ0n) is 13.1. The Labute approximate surface area is 140 Å². The number of halogens is 1. The van der Waals surface area contributed by atoms with Gasteiger partial charge in [0.2, 0.25) is 0 Å². The summed E-state index contributed by atoms with van der Waals surface area (Å²) >= 11 is 5.95. The second-order valence-corrected chi connectivity index (χ2v) is 5.36. The van der Waals surface area contributed by atoms with Gasteiger partial charge >= 0.3 is 0 Å². The highest BCUT2D eigenvalue weighted by molar-refractivity contribution is 6.30. The summed E-state index contributed by atoms with van der Waals surface area (Å²) in [6, 6.07) is 7.10. The fraction of sp³-hybridized carbons (Fsp3) is 0.278. The number of ketones is 1. The number of terminal acetylenes is 1. The first-order valence-corrected chi connectivity index (χ1v) is 7.24. The Balaban J connectivity index is 2.66. The summed E-state index contributed by atoms with van der Waals surface area (Å²) < 4.78 is 16.6. The topological polar surface area (TPSA) is 44.8 Å². The molecule has 1 aliphatic carbocycles. The summed E-state index contributed by atoms with van der Waals surface area (Å²) in [5, 5.41) is 0.597. The zero-order chi connectivity index (χ0) is 17.0. The Morgan fingerprint density at radius 2 is 1.61 bits per heavy atom. The molecule has 0 unspecified atom stereocenters. The highest BCUT2D eigenvalue weighted by Crippen LogP contribution is 2.44. The quantitative estimate of drug-likeness (QED) is 0.777. The minimum atomic E-state index is -1.22. The van der Waals surface area contributed by atoms with E-state index in [9.17, 15) is 4.79 Å². The molecule has 0 amide bonds. The van der Waals surface area contributed by atoms with Crippen molar-refractivity contribution < 1.29 is 19.0 Å². The lowest BCUT2D eigenvalue weighted by Gasteiger charge is -2.40. The number of hydrogen-bond acceptors (Lipinski definition) is 4. The van der Waals surface area contributed by atoms with Crippen molar-refractivity contribution in [3.05, 3.63) is 58.5 Å². The molecular formula is C18H17ClO4. The molecule has 0 saturated carbocycles. The van der Waals surface area contributed by atoms with E-state index in [4.69, 9.17) is 32.2 Å². The molecule has 0 N–H and O–H groups in total. The van der Waals surface area contributed by atoms with Crippen LogP contribution < -0.4 is 0 Å². The molecule has 0 fully saturated rings. The van der Waals surface area contributed by atoms with Crippen molar-refractivity contribution in [2.24, 2.45) is 0 Å². The van der Waals surface area contributed by atoms with Crippen molar-refractivity contribution in [2.75, 3.05) is 21.3 Å². The Morgan fingerprint density at radius 3 is 2.00 bits per heavy atom. The molecule has 1 aliphatic rings. The monoisotopic (exact) mass is 332 g/mol. The highest BCUT2D eigenvalue weighted by atomic mass is 35.5. The molecule has 0 radical (unpaired) electrons. The van der Waals surface area contributed by atoms with Crippen LogP contribution in [0.1, 0.15) is 11.5 Å². The molecule has 2 rings (SSSR count). The van der Waals surface area contributed by atoms with E-state index < -0.39 is 11.5 Å². The molecule has 0 saturated heterocycles. The largest absolute Gasteiger partial charge is 0.497 e. The number of rotatable bonds is 5. The van der Waals surface area contributed by atoms with Crippen LogP contribution in [0.4, 0.5) is 0 Å². The third-order valence-electron chi connectivity index (χ3n) is 3.82. The number of allylic oxidation sites excluding steroid dienone is 2. The number of carbonyl (C=O) groups excluding carboxylic acids is 1. The number of hydrogen-bond donors (Lipinski definition) is 0. The molecule has 1 aromatic rings. The first-order chi connectivity index (χ1) is 11.0. The van der Waals surface area contributed by atoms with Crippen molar-refractivity contribution in [1.29, 1.82) is 0 Å². The van der Waals surface area contributed by atoms with Crippen molar-refractivity contribution in [2.45, 2.75) is 11.5 Å². The standard InChI is InChI=1S/C18H17ClO4/c1-5-15(12-6-8-13(19)9-7-12)18(23-4)16(21-2)10-14(20)11-17(18)22-3/h1,6-11,15H,2-4H3/t15-/m0/s1. The van der Waals surface area contributed by atoms with Crippen LogP contribution in [0.15, 0.2) is 47.9 Å². The predicted molar refractivity (Wildman–Crippen MR) is 88.0 cm³/mol. The van der Waals surface area contributed by atoms with Gasteiger partial charge in [-0.1, -0.05) is 29.7 Å². The highest BCUT2D eigenvalue weighted by Gasteiger charge is 2.51. The van der Waals surface area contributed by atoms with Gasteiger partial charge in [-0.05, 0) is 17.7 Å². The molecule has 1 aromatic carbocycles. The molecule has 120 valence electrons. The van der Waals surface area contributed by atoms with Gasteiger partial charge in [0.1, 0.15) is 11.5 Å². The van der Waals surface area contributed by atoms with E-state index in [1.165, 1.54) is 33.5 Å². The van der Waals surface area contributed by atoms with Crippen LogP contribution >= 0.6 is 11.6 Å². The molecular weight excluding hydrogens is 316 g/mol. The molecule has 1 atom stereocenters. The molecule has 0 aromatic heterocycles. The molecule has 5 heteroatoms. The maximum Gasteiger partial charge on any atom is 0.199 e. The molecule has 0 heterocycles. The summed E-state index contributed by atoms with van der Waals surface area (Å²) in [6.45, 7) is 0. The Hall–Kier alpha value is -2.22. The van der Waals surface area contributed by atoms with E-state index in [-0.39, 0.29) is 5.78 Å². The molecule has 4 nitrogen and oxygen atoms in total. The fourth-order valence-corrected chi connectivity index (χ4v) is 2.89. The average molecular weight is 333 g/mol. The van der Waals surface area contributed by atoms with Gasteiger partial charge in [-0.15, -0.1) is 6.42 Å². The van der Waals surface area contributed by atoms with Crippen LogP contribution in [0.25, 0.3) is 0 Å². The minimum absolute atomic E-state index is 0.252. The van der Waals surface area contributed by atoms with Crippen molar-refractivity contribution >= 4 is 17.4 Å². The van der Waals surface area contributed by atoms with Gasteiger partial charge in [0.05, 0.1) is 20.1 Å². The van der Waals surface area contributed by atoms with E-state index in [1.807, 2.05) is 12.1 Å². The van der Waals surface area contributed by atoms with Gasteiger partial charge in [-0.3, -0.25) is 4.79 Å². The first kappa shape index (κ1) is 17.1. The SMILES string of the molecule is C#C[C@@H](c1ccc(Cl)cc1)C1(OC)C(OC)=CC(=O)C=C1OC. The van der Waals surface area contributed by atoms with E-state index >= 15 is 0 Å².